The van der Waals surface area contributed by atoms with Crippen LogP contribution in [0, 0.1) is 0 Å². The van der Waals surface area contributed by atoms with E-state index in [0.29, 0.717) is 65.9 Å². The zero-order chi connectivity index (χ0) is 33.9. The van der Waals surface area contributed by atoms with E-state index in [1.165, 1.54) is 11.3 Å². The second-order valence-corrected chi connectivity index (χ2v) is 13.1. The molecule has 0 unspecified atom stereocenters. The Bertz CT molecular complexity index is 2130. The molecule has 0 saturated heterocycles. The number of benzene rings is 3. The molecule has 248 valence electrons. The van der Waals surface area contributed by atoms with Crippen molar-refractivity contribution in [1.29, 1.82) is 0 Å². The van der Waals surface area contributed by atoms with Crippen LogP contribution in [0.4, 0.5) is 10.9 Å². The summed E-state index contributed by atoms with van der Waals surface area (Å²) in [5.74, 6) is -0.0733. The van der Waals surface area contributed by atoms with E-state index in [-0.39, 0.29) is 11.6 Å². The number of nitrogens with zero attached hydrogens (tertiary/aromatic N) is 5. The first-order chi connectivity index (χ1) is 23.8. The van der Waals surface area contributed by atoms with E-state index < -0.39 is 5.97 Å². The first-order valence-electron chi connectivity index (χ1n) is 16.0. The molecule has 0 radical (unpaired) electrons. The minimum absolute atomic E-state index is 0.0664. The summed E-state index contributed by atoms with van der Waals surface area (Å²) in [7, 11) is 3.99. The molecule has 0 aliphatic carbocycles. The van der Waals surface area contributed by atoms with Crippen LogP contribution in [0.25, 0.3) is 21.3 Å². The van der Waals surface area contributed by atoms with Crippen LogP contribution in [0.15, 0.2) is 85.1 Å². The molecule has 0 bridgehead atoms. The second kappa shape index (κ2) is 13.9. The lowest BCUT2D eigenvalue weighted by molar-refractivity contribution is 0.0691. The highest BCUT2D eigenvalue weighted by molar-refractivity contribution is 7.22. The molecule has 0 saturated carbocycles. The number of aromatic carboxylic acids is 1. The third-order valence-electron chi connectivity index (χ3n) is 8.58. The summed E-state index contributed by atoms with van der Waals surface area (Å²) in [4.78, 5) is 39.4. The number of thiazole rings is 1. The molecular formula is C37H35N7O4S. The number of anilines is 2. The van der Waals surface area contributed by atoms with Gasteiger partial charge < -0.3 is 19.6 Å². The van der Waals surface area contributed by atoms with Crippen LogP contribution in [0.1, 0.15) is 43.2 Å². The molecule has 49 heavy (non-hydrogen) atoms. The fraction of sp³-hybridized carbons (Fsp3) is 0.216. The first kappa shape index (κ1) is 32.0. The molecule has 1 amide bonds. The number of carbonyl (C=O) groups is 2. The Morgan fingerprint density at radius 2 is 1.84 bits per heavy atom. The van der Waals surface area contributed by atoms with Gasteiger partial charge in [-0.15, -0.1) is 0 Å². The van der Waals surface area contributed by atoms with Gasteiger partial charge in [-0.1, -0.05) is 53.8 Å². The zero-order valence-electron chi connectivity index (χ0n) is 27.1. The van der Waals surface area contributed by atoms with Gasteiger partial charge in [0.1, 0.15) is 18.2 Å². The standard InChI is InChI=1S/C37H35N7O4S/c1-43(2)18-19-48-31-12-5-3-8-24(31)20-30-27(21-38-42-30)25-14-15-33(40-34(25)36(46)47)44-17-16-23-9-7-10-26(28(23)22-44)35(45)41-37-39-29-11-4-6-13-32(29)49-37/h3-15,21H,16-20,22H2,1-2H3,(H,38,42)(H,46,47)(H,39,41,45). The average molecular weight is 674 g/mol. The summed E-state index contributed by atoms with van der Waals surface area (Å²) in [6.45, 7) is 2.36. The number of carbonyl (C=O) groups excluding carboxylic acids is 1. The van der Waals surface area contributed by atoms with E-state index in [4.69, 9.17) is 4.74 Å². The number of H-pyrrole nitrogens is 1. The molecule has 0 fully saturated rings. The fourth-order valence-electron chi connectivity index (χ4n) is 6.08. The Morgan fingerprint density at radius 3 is 2.67 bits per heavy atom. The number of hydrogen-bond acceptors (Lipinski definition) is 9. The van der Waals surface area contributed by atoms with Crippen LogP contribution in [-0.2, 0) is 19.4 Å². The number of fused-ring (bicyclic) bond motifs is 2. The molecule has 3 aromatic carbocycles. The Labute approximate surface area is 287 Å². The van der Waals surface area contributed by atoms with Crippen molar-refractivity contribution in [1.82, 2.24) is 25.1 Å². The zero-order valence-corrected chi connectivity index (χ0v) is 28.0. The summed E-state index contributed by atoms with van der Waals surface area (Å²) >= 11 is 1.43. The van der Waals surface area contributed by atoms with Crippen molar-refractivity contribution < 1.29 is 19.4 Å². The maximum atomic E-state index is 13.5. The number of nitrogens with one attached hydrogen (secondary N) is 2. The van der Waals surface area contributed by atoms with Gasteiger partial charge in [-0.05, 0) is 68.0 Å². The lowest BCUT2D eigenvalue weighted by Gasteiger charge is -2.31. The van der Waals surface area contributed by atoms with Crippen molar-refractivity contribution in [3.05, 3.63) is 119 Å². The van der Waals surface area contributed by atoms with Gasteiger partial charge in [-0.3, -0.25) is 15.2 Å². The van der Waals surface area contributed by atoms with Crippen molar-refractivity contribution in [2.75, 3.05) is 44.0 Å². The largest absolute Gasteiger partial charge is 0.492 e. The normalized spacial score (nSPS) is 12.7. The minimum Gasteiger partial charge on any atom is -0.492 e. The molecule has 12 heteroatoms. The van der Waals surface area contributed by atoms with Crippen LogP contribution < -0.4 is 15.0 Å². The summed E-state index contributed by atoms with van der Waals surface area (Å²) in [5.41, 5.74) is 6.08. The quantitative estimate of drug-likeness (QED) is 0.148. The van der Waals surface area contributed by atoms with E-state index in [1.807, 2.05) is 91.8 Å². The number of carboxylic acid groups (broad SMARTS) is 1. The number of amides is 1. The average Bonchev–Trinajstić information content (AvgIpc) is 3.74. The molecule has 3 aromatic heterocycles. The van der Waals surface area contributed by atoms with Crippen LogP contribution >= 0.6 is 11.3 Å². The molecule has 3 N–H and O–H groups in total. The van der Waals surface area contributed by atoms with E-state index in [0.717, 1.165) is 39.2 Å². The van der Waals surface area contributed by atoms with Gasteiger partial charge in [0.2, 0.25) is 0 Å². The van der Waals surface area contributed by atoms with Crippen molar-refractivity contribution >= 4 is 44.4 Å². The van der Waals surface area contributed by atoms with Gasteiger partial charge in [0, 0.05) is 54.5 Å². The Kier molecular flexibility index (Phi) is 9.05. The number of ether oxygens (including phenoxy) is 1. The third kappa shape index (κ3) is 6.87. The first-order valence-corrected chi connectivity index (χ1v) is 16.8. The molecular weight excluding hydrogens is 639 g/mol. The van der Waals surface area contributed by atoms with E-state index in [2.05, 4.69) is 30.4 Å². The lowest BCUT2D eigenvalue weighted by atomic mass is 9.94. The molecule has 1 aliphatic rings. The van der Waals surface area contributed by atoms with Gasteiger partial charge in [-0.25, -0.2) is 14.8 Å². The maximum Gasteiger partial charge on any atom is 0.355 e. The molecule has 0 spiro atoms. The predicted octanol–water partition coefficient (Wildman–Crippen LogP) is 6.13. The van der Waals surface area contributed by atoms with Gasteiger partial charge >= 0.3 is 5.97 Å². The van der Waals surface area contributed by atoms with Crippen molar-refractivity contribution in [2.45, 2.75) is 19.4 Å². The maximum absolute atomic E-state index is 13.5. The number of hydrogen-bond donors (Lipinski definition) is 3. The van der Waals surface area contributed by atoms with Gasteiger partial charge in [0.25, 0.3) is 5.91 Å². The van der Waals surface area contributed by atoms with E-state index in [1.54, 1.807) is 12.3 Å². The fourth-order valence-corrected chi connectivity index (χ4v) is 6.94. The summed E-state index contributed by atoms with van der Waals surface area (Å²) < 4.78 is 7.06. The van der Waals surface area contributed by atoms with Gasteiger partial charge in [-0.2, -0.15) is 5.10 Å². The third-order valence-corrected chi connectivity index (χ3v) is 9.53. The van der Waals surface area contributed by atoms with Crippen LogP contribution in [0.5, 0.6) is 5.75 Å². The van der Waals surface area contributed by atoms with E-state index in [9.17, 15) is 14.7 Å². The molecule has 6 aromatic rings. The molecule has 1 aliphatic heterocycles. The van der Waals surface area contributed by atoms with E-state index >= 15 is 0 Å². The Hall–Kier alpha value is -5.59. The van der Waals surface area contributed by atoms with Crippen LogP contribution in [0.2, 0.25) is 0 Å². The SMILES string of the molecule is CN(C)CCOc1ccccc1Cc1n[nH]cc1-c1ccc(N2CCc3cccc(C(=O)Nc4nc5ccccc5s4)c3C2)nc1C(=O)O. The summed E-state index contributed by atoms with van der Waals surface area (Å²) in [6, 6.07) is 25.0. The number of para-hydroxylation sites is 2. The molecule has 7 rings (SSSR count). The smallest absolute Gasteiger partial charge is 0.355 e. The number of aromatic amines is 1. The monoisotopic (exact) mass is 673 g/mol. The lowest BCUT2D eigenvalue weighted by Crippen LogP contribution is -2.33. The molecule has 11 nitrogen and oxygen atoms in total. The molecule has 4 heterocycles. The number of carboxylic acids is 1. The minimum atomic E-state index is -1.13. The highest BCUT2D eigenvalue weighted by Crippen LogP contribution is 2.33. The molecule has 0 atom stereocenters. The van der Waals surface area contributed by atoms with Gasteiger partial charge in [0.05, 0.1) is 15.9 Å². The number of rotatable bonds is 11. The summed E-state index contributed by atoms with van der Waals surface area (Å²) in [6.07, 6.45) is 2.84. The predicted molar refractivity (Wildman–Crippen MR) is 191 cm³/mol. The highest BCUT2D eigenvalue weighted by atomic mass is 32.1. The van der Waals surface area contributed by atoms with Crippen molar-refractivity contribution in [3.8, 4) is 16.9 Å². The number of aromatic nitrogens is 4. The van der Waals surface area contributed by atoms with Crippen molar-refractivity contribution in [2.24, 2.45) is 0 Å². The van der Waals surface area contributed by atoms with Crippen molar-refractivity contribution in [3.63, 3.8) is 0 Å². The topological polar surface area (TPSA) is 137 Å². The Morgan fingerprint density at radius 1 is 1.00 bits per heavy atom. The Balaban J connectivity index is 1.13. The second-order valence-electron chi connectivity index (χ2n) is 12.1. The van der Waals surface area contributed by atoms with Gasteiger partial charge in [0.15, 0.2) is 10.8 Å². The number of likely N-dealkylation sites (N-methyl/N-ethyl adjacent to an activating group) is 1. The highest BCUT2D eigenvalue weighted by Gasteiger charge is 2.26. The number of pyridine rings is 1. The van der Waals surface area contributed by atoms with Crippen LogP contribution in [0.3, 0.4) is 0 Å². The van der Waals surface area contributed by atoms with Crippen LogP contribution in [-0.4, -0.2) is 75.8 Å². The summed E-state index contributed by atoms with van der Waals surface area (Å²) in [5, 5.41) is 21.2.